The van der Waals surface area contributed by atoms with Crippen LogP contribution in [-0.4, -0.2) is 9.97 Å². The minimum Gasteiger partial charge on any atom is -0.326 e. The second-order valence-electron chi connectivity index (χ2n) is 6.48. The summed E-state index contributed by atoms with van der Waals surface area (Å²) in [6.45, 7) is 2.23. The Hall–Kier alpha value is -2.88. The summed E-state index contributed by atoms with van der Waals surface area (Å²) in [6, 6.07) is 19.5. The normalized spacial score (nSPS) is 10.7. The molecular formula is C22H25N3O. The van der Waals surface area contributed by atoms with Crippen molar-refractivity contribution in [3.63, 3.8) is 0 Å². The van der Waals surface area contributed by atoms with Crippen LogP contribution in [0.1, 0.15) is 38.2 Å². The van der Waals surface area contributed by atoms with Crippen molar-refractivity contribution in [1.29, 1.82) is 0 Å². The summed E-state index contributed by atoms with van der Waals surface area (Å²) in [6.07, 6.45) is 6.19. The third-order valence-electron chi connectivity index (χ3n) is 4.35. The Morgan fingerprint density at radius 3 is 2.46 bits per heavy atom. The molecule has 1 heterocycles. The molecule has 1 aromatic heterocycles. The molecule has 0 unspecified atom stereocenters. The molecule has 0 spiro atoms. The standard InChI is InChI=1S/C22H25N3O/c1-2-3-4-6-9-17-12-14-19(15-13-17)23-22-24-20(16-21(26)25-22)18-10-7-5-8-11-18/h5,7-8,10-16H,2-4,6,9H2,1H3,(H2,23,24,25,26). The summed E-state index contributed by atoms with van der Waals surface area (Å²) >= 11 is 0. The van der Waals surface area contributed by atoms with Gasteiger partial charge in [-0.2, -0.15) is 0 Å². The molecule has 0 saturated heterocycles. The number of nitrogens with zero attached hydrogens (tertiary/aromatic N) is 1. The molecule has 2 aromatic carbocycles. The molecule has 0 atom stereocenters. The lowest BCUT2D eigenvalue weighted by molar-refractivity contribution is 0.667. The molecule has 0 fully saturated rings. The number of anilines is 2. The number of rotatable bonds is 8. The molecule has 0 aliphatic carbocycles. The highest BCUT2D eigenvalue weighted by molar-refractivity contribution is 5.61. The van der Waals surface area contributed by atoms with Crippen LogP contribution < -0.4 is 10.9 Å². The van der Waals surface area contributed by atoms with Gasteiger partial charge < -0.3 is 5.32 Å². The van der Waals surface area contributed by atoms with E-state index >= 15 is 0 Å². The predicted molar refractivity (Wildman–Crippen MR) is 108 cm³/mol. The predicted octanol–water partition coefficient (Wildman–Crippen LogP) is 5.30. The van der Waals surface area contributed by atoms with E-state index in [1.165, 1.54) is 37.3 Å². The maximum absolute atomic E-state index is 12.0. The van der Waals surface area contributed by atoms with E-state index in [9.17, 15) is 4.79 Å². The molecule has 3 rings (SSSR count). The van der Waals surface area contributed by atoms with Crippen molar-refractivity contribution in [3.8, 4) is 11.3 Å². The highest BCUT2D eigenvalue weighted by Crippen LogP contribution is 2.19. The monoisotopic (exact) mass is 347 g/mol. The summed E-state index contributed by atoms with van der Waals surface area (Å²) in [5, 5.41) is 3.19. The van der Waals surface area contributed by atoms with Crippen LogP contribution in [0.15, 0.2) is 65.5 Å². The van der Waals surface area contributed by atoms with Crippen LogP contribution in [-0.2, 0) is 6.42 Å². The van der Waals surface area contributed by atoms with E-state index in [1.807, 2.05) is 42.5 Å². The van der Waals surface area contributed by atoms with Crippen LogP contribution in [0.5, 0.6) is 0 Å². The number of hydrogen-bond donors (Lipinski definition) is 2. The van der Waals surface area contributed by atoms with Gasteiger partial charge in [-0.25, -0.2) is 4.98 Å². The first kappa shape index (κ1) is 17.9. The van der Waals surface area contributed by atoms with E-state index in [4.69, 9.17) is 0 Å². The minimum atomic E-state index is -0.172. The Balaban J connectivity index is 1.69. The SMILES string of the molecule is CCCCCCc1ccc(Nc2nc(-c3ccccc3)cc(=O)[nH]2)cc1. The average molecular weight is 347 g/mol. The molecule has 0 aliphatic heterocycles. The zero-order valence-electron chi connectivity index (χ0n) is 15.2. The van der Waals surface area contributed by atoms with Gasteiger partial charge in [-0.3, -0.25) is 9.78 Å². The second kappa shape index (κ2) is 8.99. The average Bonchev–Trinajstić information content (AvgIpc) is 2.67. The summed E-state index contributed by atoms with van der Waals surface area (Å²) in [7, 11) is 0. The van der Waals surface area contributed by atoms with Gasteiger partial charge in [0.2, 0.25) is 5.95 Å². The van der Waals surface area contributed by atoms with Crippen LogP contribution in [0.2, 0.25) is 0 Å². The third-order valence-corrected chi connectivity index (χ3v) is 4.35. The number of hydrogen-bond acceptors (Lipinski definition) is 3. The second-order valence-corrected chi connectivity index (χ2v) is 6.48. The summed E-state index contributed by atoms with van der Waals surface area (Å²) in [5.41, 5.74) is 3.66. The van der Waals surface area contributed by atoms with Crippen LogP contribution in [0, 0.1) is 0 Å². The van der Waals surface area contributed by atoms with E-state index in [0.29, 0.717) is 11.6 Å². The van der Waals surface area contributed by atoms with Gasteiger partial charge in [-0.1, -0.05) is 68.7 Å². The van der Waals surface area contributed by atoms with Gasteiger partial charge in [0, 0.05) is 17.3 Å². The quantitative estimate of drug-likeness (QED) is 0.543. The number of aryl methyl sites for hydroxylation is 1. The van der Waals surface area contributed by atoms with E-state index < -0.39 is 0 Å². The summed E-state index contributed by atoms with van der Waals surface area (Å²) in [4.78, 5) is 19.2. The first-order valence-electron chi connectivity index (χ1n) is 9.27. The number of aromatic nitrogens is 2. The lowest BCUT2D eigenvalue weighted by Gasteiger charge is -2.08. The van der Waals surface area contributed by atoms with Gasteiger partial charge in [-0.15, -0.1) is 0 Å². The van der Waals surface area contributed by atoms with Crippen LogP contribution >= 0.6 is 0 Å². The molecule has 2 N–H and O–H groups in total. The topological polar surface area (TPSA) is 57.8 Å². The van der Waals surface area contributed by atoms with Gasteiger partial charge >= 0.3 is 0 Å². The molecule has 0 aliphatic rings. The molecular weight excluding hydrogens is 322 g/mol. The van der Waals surface area contributed by atoms with E-state index in [1.54, 1.807) is 0 Å². The smallest absolute Gasteiger partial charge is 0.252 e. The van der Waals surface area contributed by atoms with E-state index in [2.05, 4.69) is 34.3 Å². The molecule has 26 heavy (non-hydrogen) atoms. The van der Waals surface area contributed by atoms with Gasteiger partial charge in [-0.05, 0) is 30.5 Å². The van der Waals surface area contributed by atoms with Crippen molar-refractivity contribution in [2.75, 3.05) is 5.32 Å². The lowest BCUT2D eigenvalue weighted by Crippen LogP contribution is -2.10. The van der Waals surface area contributed by atoms with Crippen molar-refractivity contribution in [2.24, 2.45) is 0 Å². The lowest BCUT2D eigenvalue weighted by atomic mass is 10.1. The van der Waals surface area contributed by atoms with Crippen molar-refractivity contribution < 1.29 is 0 Å². The Kier molecular flexibility index (Phi) is 6.20. The zero-order chi connectivity index (χ0) is 18.2. The van der Waals surface area contributed by atoms with Crippen LogP contribution in [0.3, 0.4) is 0 Å². The molecule has 3 aromatic rings. The maximum Gasteiger partial charge on any atom is 0.252 e. The van der Waals surface area contributed by atoms with E-state index in [0.717, 1.165) is 17.7 Å². The van der Waals surface area contributed by atoms with Gasteiger partial charge in [0.15, 0.2) is 0 Å². The Bertz CT molecular complexity index is 870. The van der Waals surface area contributed by atoms with Gasteiger partial charge in [0.1, 0.15) is 0 Å². The van der Waals surface area contributed by atoms with Crippen LogP contribution in [0.4, 0.5) is 11.6 Å². The number of aromatic amines is 1. The number of benzene rings is 2. The summed E-state index contributed by atoms with van der Waals surface area (Å²) < 4.78 is 0. The number of unbranched alkanes of at least 4 members (excludes halogenated alkanes) is 3. The number of nitrogens with one attached hydrogen (secondary N) is 2. The highest BCUT2D eigenvalue weighted by atomic mass is 16.1. The molecule has 4 nitrogen and oxygen atoms in total. The fraction of sp³-hybridized carbons (Fsp3) is 0.273. The Morgan fingerprint density at radius 1 is 0.962 bits per heavy atom. The highest BCUT2D eigenvalue weighted by Gasteiger charge is 2.04. The molecule has 0 bridgehead atoms. The van der Waals surface area contributed by atoms with Crippen molar-refractivity contribution in [1.82, 2.24) is 9.97 Å². The summed E-state index contributed by atoms with van der Waals surface area (Å²) in [5.74, 6) is 0.451. The molecule has 0 radical (unpaired) electrons. The van der Waals surface area contributed by atoms with Gasteiger partial charge in [0.25, 0.3) is 5.56 Å². The number of H-pyrrole nitrogens is 1. The minimum absolute atomic E-state index is 0.172. The van der Waals surface area contributed by atoms with Crippen molar-refractivity contribution in [2.45, 2.75) is 39.0 Å². The third kappa shape index (κ3) is 5.06. The largest absolute Gasteiger partial charge is 0.326 e. The Labute approximate surface area is 154 Å². The van der Waals surface area contributed by atoms with Crippen molar-refractivity contribution >= 4 is 11.6 Å². The molecule has 0 amide bonds. The van der Waals surface area contributed by atoms with Crippen molar-refractivity contribution in [3.05, 3.63) is 76.6 Å². The van der Waals surface area contributed by atoms with E-state index in [-0.39, 0.29) is 5.56 Å². The molecule has 134 valence electrons. The van der Waals surface area contributed by atoms with Crippen LogP contribution in [0.25, 0.3) is 11.3 Å². The fourth-order valence-electron chi connectivity index (χ4n) is 2.92. The fourth-order valence-corrected chi connectivity index (χ4v) is 2.92. The first-order valence-corrected chi connectivity index (χ1v) is 9.27. The molecule has 4 heteroatoms. The molecule has 0 saturated carbocycles. The van der Waals surface area contributed by atoms with Gasteiger partial charge in [0.05, 0.1) is 5.69 Å². The Morgan fingerprint density at radius 2 is 1.73 bits per heavy atom. The maximum atomic E-state index is 12.0. The first-order chi connectivity index (χ1) is 12.7. The zero-order valence-corrected chi connectivity index (χ0v) is 15.2.